The van der Waals surface area contributed by atoms with Crippen molar-refractivity contribution in [3.8, 4) is 0 Å². The minimum atomic E-state index is -0.782. The second-order valence-corrected chi connectivity index (χ2v) is 3.17. The van der Waals surface area contributed by atoms with E-state index in [2.05, 4.69) is 5.32 Å². The molecule has 0 amide bonds. The molecule has 1 unspecified atom stereocenters. The van der Waals surface area contributed by atoms with Crippen molar-refractivity contribution in [1.82, 2.24) is 0 Å². The second-order valence-electron chi connectivity index (χ2n) is 3.17. The van der Waals surface area contributed by atoms with Gasteiger partial charge in [0.05, 0.1) is 0 Å². The van der Waals surface area contributed by atoms with E-state index >= 15 is 0 Å². The molecule has 0 radical (unpaired) electrons. The minimum absolute atomic E-state index is 0.279. The Labute approximate surface area is 69.4 Å². The summed E-state index contributed by atoms with van der Waals surface area (Å²) in [5, 5.41) is 3.06. The fraction of sp³-hybridized carbons (Fsp3) is 0.333. The Morgan fingerprint density at radius 3 is 2.75 bits per heavy atom. The van der Waals surface area contributed by atoms with Gasteiger partial charge in [-0.05, 0) is 25.0 Å². The van der Waals surface area contributed by atoms with Crippen LogP contribution in [0, 0.1) is 11.6 Å². The third-order valence-corrected chi connectivity index (χ3v) is 2.07. The molecule has 3 heteroatoms. The topological polar surface area (TPSA) is 12.0 Å². The van der Waals surface area contributed by atoms with Gasteiger partial charge in [0.1, 0.15) is 0 Å². The number of benzene rings is 1. The van der Waals surface area contributed by atoms with Crippen LogP contribution in [0.3, 0.4) is 0 Å². The molecule has 0 aromatic heterocycles. The lowest BCUT2D eigenvalue weighted by Crippen LogP contribution is -2.08. The summed E-state index contributed by atoms with van der Waals surface area (Å²) in [6, 6.07) is 2.76. The first-order valence-electron chi connectivity index (χ1n) is 3.91. The lowest BCUT2D eigenvalue weighted by Gasteiger charge is -2.01. The minimum Gasteiger partial charge on any atom is -0.382 e. The maximum atomic E-state index is 12.7. The van der Waals surface area contributed by atoms with Crippen LogP contribution in [-0.4, -0.2) is 6.04 Å². The van der Waals surface area contributed by atoms with Crippen molar-refractivity contribution in [2.75, 3.05) is 5.32 Å². The number of rotatable bonds is 0. The van der Waals surface area contributed by atoms with Gasteiger partial charge in [0.25, 0.3) is 0 Å². The zero-order chi connectivity index (χ0) is 8.72. The molecular weight excluding hydrogens is 160 g/mol. The van der Waals surface area contributed by atoms with Crippen LogP contribution < -0.4 is 5.32 Å². The van der Waals surface area contributed by atoms with Crippen molar-refractivity contribution in [3.05, 3.63) is 29.3 Å². The molecule has 0 aliphatic carbocycles. The summed E-state index contributed by atoms with van der Waals surface area (Å²) in [6.07, 6.45) is 0.770. The van der Waals surface area contributed by atoms with Gasteiger partial charge in [-0.3, -0.25) is 0 Å². The zero-order valence-electron chi connectivity index (χ0n) is 6.70. The zero-order valence-corrected chi connectivity index (χ0v) is 6.70. The van der Waals surface area contributed by atoms with E-state index in [1.165, 1.54) is 12.1 Å². The normalized spacial score (nSPS) is 20.4. The van der Waals surface area contributed by atoms with Crippen LogP contribution >= 0.6 is 0 Å². The molecule has 64 valence electrons. The van der Waals surface area contributed by atoms with Gasteiger partial charge in [-0.25, -0.2) is 8.78 Å². The predicted molar refractivity (Wildman–Crippen MR) is 43.1 cm³/mol. The molecule has 1 heterocycles. The maximum absolute atomic E-state index is 12.7. The molecule has 1 aromatic rings. The molecule has 1 nitrogen and oxygen atoms in total. The average Bonchev–Trinajstić information content (AvgIpc) is 2.30. The first kappa shape index (κ1) is 7.53. The molecule has 0 bridgehead atoms. The highest BCUT2D eigenvalue weighted by atomic mass is 19.2. The van der Waals surface area contributed by atoms with E-state index in [-0.39, 0.29) is 6.04 Å². The van der Waals surface area contributed by atoms with Crippen LogP contribution in [0.2, 0.25) is 0 Å². The Morgan fingerprint density at radius 2 is 2.00 bits per heavy atom. The summed E-state index contributed by atoms with van der Waals surface area (Å²) >= 11 is 0. The van der Waals surface area contributed by atoms with E-state index in [1.54, 1.807) is 0 Å². The van der Waals surface area contributed by atoms with Gasteiger partial charge in [0.2, 0.25) is 0 Å². The van der Waals surface area contributed by atoms with Gasteiger partial charge in [0, 0.05) is 17.8 Å². The Bertz CT molecular complexity index is 292. The third kappa shape index (κ3) is 1.05. The number of fused-ring (bicyclic) bond motifs is 1. The molecule has 0 saturated heterocycles. The number of hydrogen-bond donors (Lipinski definition) is 1. The average molecular weight is 169 g/mol. The van der Waals surface area contributed by atoms with Gasteiger partial charge in [0.15, 0.2) is 11.6 Å². The van der Waals surface area contributed by atoms with Crippen molar-refractivity contribution in [3.63, 3.8) is 0 Å². The molecule has 0 saturated carbocycles. The molecule has 0 spiro atoms. The van der Waals surface area contributed by atoms with Gasteiger partial charge in [-0.2, -0.15) is 0 Å². The summed E-state index contributed by atoms with van der Waals surface area (Å²) in [6.45, 7) is 1.98. The van der Waals surface area contributed by atoms with E-state index < -0.39 is 11.6 Å². The van der Waals surface area contributed by atoms with E-state index in [0.29, 0.717) is 0 Å². The van der Waals surface area contributed by atoms with E-state index in [1.807, 2.05) is 6.92 Å². The van der Waals surface area contributed by atoms with Crippen molar-refractivity contribution in [2.45, 2.75) is 19.4 Å². The molecule has 0 fully saturated rings. The number of nitrogens with one attached hydrogen (secondary N) is 1. The van der Waals surface area contributed by atoms with Gasteiger partial charge in [-0.15, -0.1) is 0 Å². The van der Waals surface area contributed by atoms with Crippen LogP contribution in [0.25, 0.3) is 0 Å². The van der Waals surface area contributed by atoms with Crippen molar-refractivity contribution < 1.29 is 8.78 Å². The standard InChI is InChI=1S/C9H9F2N/c1-5-2-6-3-7(10)8(11)4-9(6)12-5/h3-5,12H,2H2,1H3. The number of halogens is 2. The Hall–Kier alpha value is -1.12. The monoisotopic (exact) mass is 169 g/mol. The summed E-state index contributed by atoms with van der Waals surface area (Å²) in [4.78, 5) is 0. The third-order valence-electron chi connectivity index (χ3n) is 2.07. The number of anilines is 1. The van der Waals surface area contributed by atoms with Crippen LogP contribution in [0.15, 0.2) is 12.1 Å². The molecule has 1 aromatic carbocycles. The van der Waals surface area contributed by atoms with Crippen molar-refractivity contribution in [2.24, 2.45) is 0 Å². The fourth-order valence-electron chi connectivity index (χ4n) is 1.54. The Balaban J connectivity index is 2.48. The highest BCUT2D eigenvalue weighted by Gasteiger charge is 2.18. The van der Waals surface area contributed by atoms with E-state index in [9.17, 15) is 8.78 Å². The molecule has 1 N–H and O–H groups in total. The van der Waals surface area contributed by atoms with Crippen molar-refractivity contribution >= 4 is 5.69 Å². The predicted octanol–water partition coefficient (Wildman–Crippen LogP) is 2.32. The second kappa shape index (κ2) is 2.44. The lowest BCUT2D eigenvalue weighted by molar-refractivity contribution is 0.508. The highest BCUT2D eigenvalue weighted by Crippen LogP contribution is 2.27. The van der Waals surface area contributed by atoms with E-state index in [0.717, 1.165) is 17.7 Å². The van der Waals surface area contributed by atoms with Crippen molar-refractivity contribution in [1.29, 1.82) is 0 Å². The van der Waals surface area contributed by atoms with Crippen LogP contribution in [-0.2, 0) is 6.42 Å². The highest BCUT2D eigenvalue weighted by molar-refractivity contribution is 5.56. The molecule has 1 aliphatic heterocycles. The smallest absolute Gasteiger partial charge is 0.160 e. The maximum Gasteiger partial charge on any atom is 0.160 e. The fourth-order valence-corrected chi connectivity index (χ4v) is 1.54. The van der Waals surface area contributed by atoms with Gasteiger partial charge in [-0.1, -0.05) is 0 Å². The quantitative estimate of drug-likeness (QED) is 0.628. The van der Waals surface area contributed by atoms with Gasteiger partial charge < -0.3 is 5.32 Å². The SMILES string of the molecule is CC1Cc2cc(F)c(F)cc2N1. The Kier molecular flexibility index (Phi) is 1.53. The molecule has 1 atom stereocenters. The lowest BCUT2D eigenvalue weighted by atomic mass is 10.1. The summed E-state index contributed by atoms with van der Waals surface area (Å²) in [5.41, 5.74) is 1.59. The molecular formula is C9H9F2N. The van der Waals surface area contributed by atoms with Crippen LogP contribution in [0.1, 0.15) is 12.5 Å². The molecule has 12 heavy (non-hydrogen) atoms. The molecule has 1 aliphatic rings. The summed E-state index contributed by atoms with van der Waals surface area (Å²) < 4.78 is 25.4. The Morgan fingerprint density at radius 1 is 1.33 bits per heavy atom. The van der Waals surface area contributed by atoms with Crippen LogP contribution in [0.4, 0.5) is 14.5 Å². The van der Waals surface area contributed by atoms with Crippen LogP contribution in [0.5, 0.6) is 0 Å². The first-order chi connectivity index (χ1) is 5.66. The molecule has 2 rings (SSSR count). The largest absolute Gasteiger partial charge is 0.382 e. The first-order valence-corrected chi connectivity index (χ1v) is 3.91. The summed E-state index contributed by atoms with van der Waals surface area (Å²) in [7, 11) is 0. The van der Waals surface area contributed by atoms with Gasteiger partial charge >= 0.3 is 0 Å². The number of hydrogen-bond acceptors (Lipinski definition) is 1. The summed E-state index contributed by atoms with van der Waals surface area (Å²) in [5.74, 6) is -1.54. The van der Waals surface area contributed by atoms with E-state index in [4.69, 9.17) is 0 Å².